The summed E-state index contributed by atoms with van der Waals surface area (Å²) >= 11 is 5.86. The van der Waals surface area contributed by atoms with Crippen molar-refractivity contribution in [2.45, 2.75) is 32.0 Å². The number of amides is 1. The molecule has 1 aliphatic heterocycles. The number of rotatable bonds is 4. The first-order valence-electron chi connectivity index (χ1n) is 7.81. The minimum Gasteiger partial charge on any atom is -0.378 e. The Kier molecular flexibility index (Phi) is 4.76. The molecular formula is C16H20ClFN4O2. The molecule has 8 heteroatoms. The summed E-state index contributed by atoms with van der Waals surface area (Å²) in [4.78, 5) is 18.8. The van der Waals surface area contributed by atoms with Crippen LogP contribution in [0.2, 0.25) is 5.02 Å². The number of carbonyl (C=O) groups excluding carboxylic acids is 1. The molecule has 6 nitrogen and oxygen atoms in total. The van der Waals surface area contributed by atoms with Crippen LogP contribution in [0.4, 0.5) is 4.39 Å². The number of halogens is 2. The van der Waals surface area contributed by atoms with Crippen LogP contribution in [-0.2, 0) is 4.74 Å². The molecule has 0 aromatic carbocycles. The summed E-state index contributed by atoms with van der Waals surface area (Å²) in [6.07, 6.45) is 1.26. The topological polar surface area (TPSA) is 58.9 Å². The van der Waals surface area contributed by atoms with E-state index in [2.05, 4.69) is 29.0 Å². The predicted molar refractivity (Wildman–Crippen MR) is 88.9 cm³/mol. The number of carbonyl (C=O) groups is 1. The number of likely N-dealkylation sites (tertiary alicyclic amines) is 1. The highest BCUT2D eigenvalue weighted by atomic mass is 35.5. The first-order chi connectivity index (χ1) is 11.4. The number of fused-ring (bicyclic) bond motifs is 1. The van der Waals surface area contributed by atoms with Gasteiger partial charge in [-0.3, -0.25) is 14.1 Å². The lowest BCUT2D eigenvalue weighted by Gasteiger charge is -2.19. The van der Waals surface area contributed by atoms with E-state index in [1.165, 1.54) is 10.6 Å². The molecule has 1 saturated heterocycles. The second-order valence-corrected chi connectivity index (χ2v) is 6.66. The number of pyridine rings is 1. The highest BCUT2D eigenvalue weighted by molar-refractivity contribution is 6.30. The van der Waals surface area contributed by atoms with Crippen LogP contribution in [0, 0.1) is 5.95 Å². The fourth-order valence-electron chi connectivity index (χ4n) is 2.97. The van der Waals surface area contributed by atoms with E-state index in [9.17, 15) is 9.18 Å². The highest BCUT2D eigenvalue weighted by Gasteiger charge is 2.36. The summed E-state index contributed by atoms with van der Waals surface area (Å²) in [5.74, 6) is -1.28. The Morgan fingerprint density at radius 2 is 2.21 bits per heavy atom. The molecule has 1 N–H and O–H groups in total. The smallest absolute Gasteiger partial charge is 0.275 e. The van der Waals surface area contributed by atoms with E-state index in [1.807, 2.05) is 0 Å². The number of methoxy groups -OCH3 is 1. The molecule has 3 heterocycles. The van der Waals surface area contributed by atoms with Crippen LogP contribution in [0.3, 0.4) is 0 Å². The second kappa shape index (κ2) is 6.66. The maximum atomic E-state index is 14.5. The van der Waals surface area contributed by atoms with E-state index in [0.717, 1.165) is 6.54 Å². The predicted octanol–water partition coefficient (Wildman–Crippen LogP) is 1.96. The summed E-state index contributed by atoms with van der Waals surface area (Å²) < 4.78 is 21.1. The van der Waals surface area contributed by atoms with Crippen molar-refractivity contribution in [3.05, 3.63) is 35.0 Å². The largest absolute Gasteiger partial charge is 0.378 e. The van der Waals surface area contributed by atoms with Crippen molar-refractivity contribution in [2.24, 2.45) is 0 Å². The summed E-state index contributed by atoms with van der Waals surface area (Å²) in [5, 5.41) is 3.21. The Labute approximate surface area is 144 Å². The summed E-state index contributed by atoms with van der Waals surface area (Å²) in [5.41, 5.74) is 0.0932. The second-order valence-electron chi connectivity index (χ2n) is 6.23. The number of aromatic nitrogens is 2. The minimum atomic E-state index is -0.724. The number of hydrogen-bond donors (Lipinski definition) is 1. The van der Waals surface area contributed by atoms with Crippen molar-refractivity contribution in [3.8, 4) is 0 Å². The van der Waals surface area contributed by atoms with Crippen molar-refractivity contribution in [1.82, 2.24) is 19.6 Å². The molecule has 0 saturated carbocycles. The van der Waals surface area contributed by atoms with Crippen molar-refractivity contribution >= 4 is 23.2 Å². The van der Waals surface area contributed by atoms with E-state index in [4.69, 9.17) is 16.3 Å². The standard InChI is InChI=1S/C16H20ClFN4O2/c1-9(2)21-7-11(12(8-21)24-3)19-16(23)14-15(18)22-6-10(17)4-5-13(22)20-14/h4-6,9,11-12H,7-8H2,1-3H3,(H,19,23)/t11-,12-/m1/s1. The third kappa shape index (κ3) is 3.11. The average molecular weight is 355 g/mol. The number of nitrogens with zero attached hydrogens (tertiary/aromatic N) is 3. The van der Waals surface area contributed by atoms with E-state index in [0.29, 0.717) is 23.3 Å². The fraction of sp³-hybridized carbons (Fsp3) is 0.500. The van der Waals surface area contributed by atoms with Gasteiger partial charge in [0.1, 0.15) is 5.65 Å². The van der Waals surface area contributed by atoms with E-state index < -0.39 is 11.9 Å². The highest BCUT2D eigenvalue weighted by Crippen LogP contribution is 2.18. The van der Waals surface area contributed by atoms with Gasteiger partial charge in [-0.1, -0.05) is 11.6 Å². The molecule has 2 atom stereocenters. The molecule has 0 spiro atoms. The average Bonchev–Trinajstić information content (AvgIpc) is 3.09. The first-order valence-corrected chi connectivity index (χ1v) is 8.19. The van der Waals surface area contributed by atoms with Gasteiger partial charge in [0, 0.05) is 32.4 Å². The lowest BCUT2D eigenvalue weighted by molar-refractivity contribution is 0.0748. The van der Waals surface area contributed by atoms with Gasteiger partial charge in [-0.2, -0.15) is 4.39 Å². The Bertz CT molecular complexity index is 764. The first kappa shape index (κ1) is 17.1. The summed E-state index contributed by atoms with van der Waals surface area (Å²) in [6.45, 7) is 5.55. The van der Waals surface area contributed by atoms with Gasteiger partial charge in [-0.05, 0) is 26.0 Å². The number of ether oxygens (including phenoxy) is 1. The Morgan fingerprint density at radius 3 is 2.88 bits per heavy atom. The lowest BCUT2D eigenvalue weighted by atomic mass is 10.2. The number of hydrogen-bond acceptors (Lipinski definition) is 4. The quantitative estimate of drug-likeness (QED) is 0.912. The molecule has 1 aliphatic rings. The van der Waals surface area contributed by atoms with E-state index in [1.54, 1.807) is 19.2 Å². The number of imidazole rings is 1. The Hall–Kier alpha value is -1.70. The molecular weight excluding hydrogens is 335 g/mol. The monoisotopic (exact) mass is 354 g/mol. The molecule has 130 valence electrons. The van der Waals surface area contributed by atoms with Crippen molar-refractivity contribution in [3.63, 3.8) is 0 Å². The van der Waals surface area contributed by atoms with Crippen LogP contribution in [0.5, 0.6) is 0 Å². The van der Waals surface area contributed by atoms with Crippen molar-refractivity contribution in [1.29, 1.82) is 0 Å². The summed E-state index contributed by atoms with van der Waals surface area (Å²) in [6, 6.07) is 3.30. The van der Waals surface area contributed by atoms with Crippen molar-refractivity contribution in [2.75, 3.05) is 20.2 Å². The third-order valence-electron chi connectivity index (χ3n) is 4.38. The van der Waals surface area contributed by atoms with Gasteiger partial charge in [0.2, 0.25) is 5.95 Å². The molecule has 2 aromatic heterocycles. The van der Waals surface area contributed by atoms with Gasteiger partial charge in [0.05, 0.1) is 17.2 Å². The normalized spacial score (nSPS) is 21.8. The zero-order valence-electron chi connectivity index (χ0n) is 13.8. The molecule has 0 unspecified atom stereocenters. The van der Waals surface area contributed by atoms with Crippen LogP contribution in [0.25, 0.3) is 5.65 Å². The molecule has 1 fully saturated rings. The number of nitrogens with one attached hydrogen (secondary N) is 1. The van der Waals surface area contributed by atoms with Gasteiger partial charge in [0.25, 0.3) is 5.91 Å². The molecule has 1 amide bonds. The maximum Gasteiger partial charge on any atom is 0.275 e. The fourth-order valence-corrected chi connectivity index (χ4v) is 3.13. The summed E-state index contributed by atoms with van der Waals surface area (Å²) in [7, 11) is 1.61. The van der Waals surface area contributed by atoms with E-state index >= 15 is 0 Å². The van der Waals surface area contributed by atoms with Gasteiger partial charge in [0.15, 0.2) is 5.69 Å². The molecule has 0 bridgehead atoms. The zero-order chi connectivity index (χ0) is 17.4. The molecule has 0 aliphatic carbocycles. The van der Waals surface area contributed by atoms with Gasteiger partial charge < -0.3 is 10.1 Å². The SMILES string of the molecule is CO[C@@H]1CN(C(C)C)C[C@H]1NC(=O)c1nc2ccc(Cl)cn2c1F. The Balaban J connectivity index is 1.81. The van der Waals surface area contributed by atoms with Crippen LogP contribution >= 0.6 is 11.6 Å². The molecule has 2 aromatic rings. The van der Waals surface area contributed by atoms with E-state index in [-0.39, 0.29) is 17.8 Å². The van der Waals surface area contributed by atoms with Crippen molar-refractivity contribution < 1.29 is 13.9 Å². The lowest BCUT2D eigenvalue weighted by Crippen LogP contribution is -2.44. The maximum absolute atomic E-state index is 14.5. The molecule has 24 heavy (non-hydrogen) atoms. The molecule has 0 radical (unpaired) electrons. The minimum absolute atomic E-state index is 0.133. The van der Waals surface area contributed by atoms with Gasteiger partial charge in [-0.15, -0.1) is 0 Å². The Morgan fingerprint density at radius 1 is 1.46 bits per heavy atom. The van der Waals surface area contributed by atoms with Gasteiger partial charge in [-0.25, -0.2) is 4.98 Å². The molecule has 3 rings (SSSR count). The van der Waals surface area contributed by atoms with Crippen LogP contribution in [0.1, 0.15) is 24.3 Å². The van der Waals surface area contributed by atoms with Crippen LogP contribution < -0.4 is 5.32 Å². The zero-order valence-corrected chi connectivity index (χ0v) is 14.5. The van der Waals surface area contributed by atoms with Gasteiger partial charge >= 0.3 is 0 Å². The van der Waals surface area contributed by atoms with Crippen LogP contribution in [-0.4, -0.2) is 58.6 Å². The third-order valence-corrected chi connectivity index (χ3v) is 4.61. The van der Waals surface area contributed by atoms with Crippen LogP contribution in [0.15, 0.2) is 18.3 Å².